The van der Waals surface area contributed by atoms with Gasteiger partial charge in [-0.3, -0.25) is 4.79 Å². The van der Waals surface area contributed by atoms with Gasteiger partial charge in [0.2, 0.25) is 0 Å². The lowest BCUT2D eigenvalue weighted by atomic mass is 10.2. The van der Waals surface area contributed by atoms with Gasteiger partial charge in [-0.1, -0.05) is 19.9 Å². The van der Waals surface area contributed by atoms with Gasteiger partial charge in [-0.25, -0.2) is 0 Å². The van der Waals surface area contributed by atoms with Crippen LogP contribution in [0.3, 0.4) is 0 Å². The first-order valence-corrected chi connectivity index (χ1v) is 7.85. The van der Waals surface area contributed by atoms with Crippen molar-refractivity contribution in [2.45, 2.75) is 20.8 Å². The fourth-order valence-corrected chi connectivity index (χ4v) is 1.99. The van der Waals surface area contributed by atoms with Crippen LogP contribution in [0.4, 0.5) is 5.69 Å². The normalized spacial score (nSPS) is 10.4. The smallest absolute Gasteiger partial charge is 0.255 e. The van der Waals surface area contributed by atoms with Crippen LogP contribution in [0.25, 0.3) is 0 Å². The summed E-state index contributed by atoms with van der Waals surface area (Å²) in [5.74, 6) is 1.81. The van der Waals surface area contributed by atoms with Crippen LogP contribution in [0.5, 0.6) is 11.5 Å². The summed E-state index contributed by atoms with van der Waals surface area (Å²) in [5.41, 5.74) is 1.30. The number of carbonyl (C=O) groups excluding carboxylic acids is 1. The molecule has 4 nitrogen and oxygen atoms in total. The summed E-state index contributed by atoms with van der Waals surface area (Å²) in [7, 11) is 0. The first-order chi connectivity index (χ1) is 11.1. The molecule has 2 rings (SSSR count). The Labute approximate surface area is 137 Å². The molecule has 0 aromatic heterocycles. The fourth-order valence-electron chi connectivity index (χ4n) is 1.99. The summed E-state index contributed by atoms with van der Waals surface area (Å²) in [5, 5.41) is 2.87. The van der Waals surface area contributed by atoms with Gasteiger partial charge in [-0.2, -0.15) is 0 Å². The van der Waals surface area contributed by atoms with Crippen LogP contribution in [0.15, 0.2) is 48.5 Å². The third-order valence-electron chi connectivity index (χ3n) is 3.10. The second-order valence-corrected chi connectivity index (χ2v) is 5.64. The fraction of sp³-hybridized carbons (Fsp3) is 0.316. The van der Waals surface area contributed by atoms with E-state index in [1.165, 1.54) is 0 Å². The minimum absolute atomic E-state index is 0.164. The molecule has 0 saturated carbocycles. The van der Waals surface area contributed by atoms with Gasteiger partial charge in [-0.15, -0.1) is 0 Å². The molecular formula is C19H23NO3. The average Bonchev–Trinajstić information content (AvgIpc) is 2.55. The molecule has 0 saturated heterocycles. The van der Waals surface area contributed by atoms with Crippen molar-refractivity contribution in [3.63, 3.8) is 0 Å². The van der Waals surface area contributed by atoms with Gasteiger partial charge in [0.15, 0.2) is 0 Å². The Morgan fingerprint density at radius 3 is 2.43 bits per heavy atom. The molecule has 2 aromatic rings. The van der Waals surface area contributed by atoms with Crippen LogP contribution in [-0.2, 0) is 0 Å². The van der Waals surface area contributed by atoms with Crippen molar-refractivity contribution in [1.82, 2.24) is 0 Å². The number of ether oxygens (including phenoxy) is 2. The number of anilines is 1. The lowest BCUT2D eigenvalue weighted by Gasteiger charge is -2.10. The van der Waals surface area contributed by atoms with E-state index in [2.05, 4.69) is 19.2 Å². The van der Waals surface area contributed by atoms with E-state index < -0.39 is 0 Å². The van der Waals surface area contributed by atoms with Gasteiger partial charge in [-0.05, 0) is 55.3 Å². The van der Waals surface area contributed by atoms with Crippen LogP contribution in [0.1, 0.15) is 31.1 Å². The van der Waals surface area contributed by atoms with Crippen molar-refractivity contribution < 1.29 is 14.3 Å². The molecule has 23 heavy (non-hydrogen) atoms. The number of nitrogens with one attached hydrogen (secondary N) is 1. The van der Waals surface area contributed by atoms with E-state index in [1.807, 2.05) is 43.3 Å². The van der Waals surface area contributed by atoms with E-state index in [0.717, 1.165) is 11.4 Å². The second kappa shape index (κ2) is 8.22. The van der Waals surface area contributed by atoms with Crippen LogP contribution in [0, 0.1) is 5.92 Å². The van der Waals surface area contributed by atoms with Crippen molar-refractivity contribution in [1.29, 1.82) is 0 Å². The van der Waals surface area contributed by atoms with E-state index in [-0.39, 0.29) is 5.91 Å². The molecular weight excluding hydrogens is 290 g/mol. The lowest BCUT2D eigenvalue weighted by molar-refractivity contribution is 0.102. The van der Waals surface area contributed by atoms with Gasteiger partial charge >= 0.3 is 0 Å². The predicted octanol–water partition coefficient (Wildman–Crippen LogP) is 4.37. The Morgan fingerprint density at radius 1 is 1.04 bits per heavy atom. The number of carbonyl (C=O) groups is 1. The average molecular weight is 313 g/mol. The Balaban J connectivity index is 1.98. The number of amides is 1. The number of benzene rings is 2. The van der Waals surface area contributed by atoms with Crippen molar-refractivity contribution in [2.75, 3.05) is 18.5 Å². The lowest BCUT2D eigenvalue weighted by Crippen LogP contribution is -2.12. The predicted molar refractivity (Wildman–Crippen MR) is 92.3 cm³/mol. The Bertz CT molecular complexity index is 635. The second-order valence-electron chi connectivity index (χ2n) is 5.64. The van der Waals surface area contributed by atoms with E-state index in [9.17, 15) is 4.79 Å². The molecule has 1 amide bonds. The molecule has 0 spiro atoms. The zero-order chi connectivity index (χ0) is 16.7. The topological polar surface area (TPSA) is 47.6 Å². The number of hydrogen-bond acceptors (Lipinski definition) is 3. The molecule has 0 radical (unpaired) electrons. The van der Waals surface area contributed by atoms with E-state index >= 15 is 0 Å². The molecule has 0 atom stereocenters. The van der Waals surface area contributed by atoms with Crippen LogP contribution >= 0.6 is 0 Å². The maximum absolute atomic E-state index is 12.3. The van der Waals surface area contributed by atoms with Crippen LogP contribution in [-0.4, -0.2) is 19.1 Å². The van der Waals surface area contributed by atoms with E-state index in [1.54, 1.807) is 12.1 Å². The van der Waals surface area contributed by atoms with Gasteiger partial charge in [0, 0.05) is 11.3 Å². The third kappa shape index (κ3) is 5.33. The molecule has 122 valence electrons. The van der Waals surface area contributed by atoms with Crippen molar-refractivity contribution in [2.24, 2.45) is 5.92 Å². The monoisotopic (exact) mass is 313 g/mol. The summed E-state index contributed by atoms with van der Waals surface area (Å²) < 4.78 is 11.0. The maximum Gasteiger partial charge on any atom is 0.255 e. The van der Waals surface area contributed by atoms with Gasteiger partial charge < -0.3 is 14.8 Å². The summed E-state index contributed by atoms with van der Waals surface area (Å²) in [6.07, 6.45) is 0. The summed E-state index contributed by atoms with van der Waals surface area (Å²) in [4.78, 5) is 12.3. The van der Waals surface area contributed by atoms with E-state index in [0.29, 0.717) is 30.4 Å². The molecule has 0 aliphatic heterocycles. The maximum atomic E-state index is 12.3. The Hall–Kier alpha value is -2.49. The highest BCUT2D eigenvalue weighted by atomic mass is 16.5. The molecule has 0 fully saturated rings. The minimum atomic E-state index is -0.164. The quantitative estimate of drug-likeness (QED) is 0.825. The summed E-state index contributed by atoms with van der Waals surface area (Å²) >= 11 is 0. The highest BCUT2D eigenvalue weighted by Gasteiger charge is 2.07. The molecule has 1 N–H and O–H groups in total. The molecule has 0 heterocycles. The SMILES string of the molecule is CCOc1cccc(C(=O)Nc2ccc(OCC(C)C)cc2)c1. The molecule has 0 unspecified atom stereocenters. The first-order valence-electron chi connectivity index (χ1n) is 7.85. The first kappa shape index (κ1) is 16.9. The highest BCUT2D eigenvalue weighted by molar-refractivity contribution is 6.04. The zero-order valence-electron chi connectivity index (χ0n) is 13.8. The standard InChI is InChI=1S/C19H23NO3/c1-4-22-18-7-5-6-15(12-18)19(21)20-16-8-10-17(11-9-16)23-13-14(2)3/h5-12,14H,4,13H2,1-3H3,(H,20,21). The minimum Gasteiger partial charge on any atom is -0.494 e. The summed E-state index contributed by atoms with van der Waals surface area (Å²) in [6.45, 7) is 7.37. The molecule has 2 aromatic carbocycles. The van der Waals surface area contributed by atoms with Gasteiger partial charge in [0.25, 0.3) is 5.91 Å². The van der Waals surface area contributed by atoms with Crippen LogP contribution in [0.2, 0.25) is 0 Å². The van der Waals surface area contributed by atoms with Crippen molar-refractivity contribution in [3.05, 3.63) is 54.1 Å². The zero-order valence-corrected chi connectivity index (χ0v) is 13.8. The third-order valence-corrected chi connectivity index (χ3v) is 3.10. The van der Waals surface area contributed by atoms with E-state index in [4.69, 9.17) is 9.47 Å². The molecule has 4 heteroatoms. The van der Waals surface area contributed by atoms with Crippen molar-refractivity contribution >= 4 is 11.6 Å². The van der Waals surface area contributed by atoms with Gasteiger partial charge in [0.05, 0.1) is 13.2 Å². The largest absolute Gasteiger partial charge is 0.494 e. The van der Waals surface area contributed by atoms with Crippen molar-refractivity contribution in [3.8, 4) is 11.5 Å². The van der Waals surface area contributed by atoms with Crippen LogP contribution < -0.4 is 14.8 Å². The molecule has 0 aliphatic carbocycles. The Kier molecular flexibility index (Phi) is 6.03. The Morgan fingerprint density at radius 2 is 1.78 bits per heavy atom. The molecule has 0 aliphatic rings. The highest BCUT2D eigenvalue weighted by Crippen LogP contribution is 2.18. The number of hydrogen-bond donors (Lipinski definition) is 1. The summed E-state index contributed by atoms with van der Waals surface area (Å²) in [6, 6.07) is 14.5. The molecule has 0 bridgehead atoms. The number of rotatable bonds is 7. The van der Waals surface area contributed by atoms with Gasteiger partial charge in [0.1, 0.15) is 11.5 Å².